The molecule has 0 radical (unpaired) electrons. The van der Waals surface area contributed by atoms with Gasteiger partial charge >= 0.3 is 11.7 Å². The number of hydrogen-bond acceptors (Lipinski definition) is 5. The maximum atomic E-state index is 11.9. The highest BCUT2D eigenvalue weighted by Crippen LogP contribution is 2.15. The zero-order valence-electron chi connectivity index (χ0n) is 13.5. The van der Waals surface area contributed by atoms with E-state index in [-0.39, 0.29) is 12.3 Å². The van der Waals surface area contributed by atoms with Gasteiger partial charge in [0.25, 0.3) is 0 Å². The highest BCUT2D eigenvalue weighted by atomic mass is 16.5. The molecule has 0 spiro atoms. The van der Waals surface area contributed by atoms with Crippen molar-refractivity contribution in [2.24, 2.45) is 0 Å². The van der Waals surface area contributed by atoms with E-state index < -0.39 is 11.7 Å². The van der Waals surface area contributed by atoms with Gasteiger partial charge in [0, 0.05) is 5.56 Å². The highest BCUT2D eigenvalue weighted by Gasteiger charge is 2.14. The van der Waals surface area contributed by atoms with Crippen LogP contribution in [0.25, 0.3) is 11.1 Å². The van der Waals surface area contributed by atoms with Gasteiger partial charge in [0.1, 0.15) is 6.54 Å². The minimum Gasteiger partial charge on any atom is -0.464 e. The van der Waals surface area contributed by atoms with Crippen molar-refractivity contribution in [1.82, 2.24) is 4.57 Å². The number of ether oxygens (including phenoxy) is 1. The summed E-state index contributed by atoms with van der Waals surface area (Å²) < 4.78 is 11.4. The third-order valence-corrected chi connectivity index (χ3v) is 3.62. The Kier molecular flexibility index (Phi) is 5.73. The van der Waals surface area contributed by atoms with Crippen LogP contribution in [0.15, 0.2) is 27.4 Å². The molecule has 0 bridgehead atoms. The van der Waals surface area contributed by atoms with Gasteiger partial charge in [-0.3, -0.25) is 14.2 Å². The van der Waals surface area contributed by atoms with Crippen LogP contribution in [0.4, 0.5) is 0 Å². The van der Waals surface area contributed by atoms with Crippen LogP contribution in [-0.4, -0.2) is 22.9 Å². The van der Waals surface area contributed by atoms with Gasteiger partial charge in [0.15, 0.2) is 11.4 Å². The van der Waals surface area contributed by atoms with Crippen LogP contribution in [0.5, 0.6) is 0 Å². The zero-order valence-corrected chi connectivity index (χ0v) is 13.5. The Morgan fingerprint density at radius 3 is 2.70 bits per heavy atom. The molecule has 2 aromatic rings. The van der Waals surface area contributed by atoms with Gasteiger partial charge < -0.3 is 9.15 Å². The molecule has 6 nitrogen and oxygen atoms in total. The number of hydrogen-bond donors (Lipinski definition) is 0. The second-order valence-corrected chi connectivity index (χ2v) is 5.47. The smallest absolute Gasteiger partial charge is 0.420 e. The van der Waals surface area contributed by atoms with E-state index >= 15 is 0 Å². The molecule has 1 aromatic carbocycles. The van der Waals surface area contributed by atoms with Gasteiger partial charge in [-0.1, -0.05) is 26.2 Å². The second-order valence-electron chi connectivity index (χ2n) is 5.47. The standard InChI is InChI=1S/C17H21NO5/c1-3-4-5-6-9-22-16(20)11-18-14-8-7-13(12(2)19)10-15(14)23-17(18)21/h7-8,10H,3-6,9,11H2,1-2H3. The van der Waals surface area contributed by atoms with Crippen LogP contribution < -0.4 is 5.76 Å². The fraction of sp³-hybridized carbons (Fsp3) is 0.471. The first-order valence-electron chi connectivity index (χ1n) is 7.83. The minimum absolute atomic E-state index is 0.117. The van der Waals surface area contributed by atoms with Crippen LogP contribution in [0.1, 0.15) is 49.9 Å². The summed E-state index contributed by atoms with van der Waals surface area (Å²) in [4.78, 5) is 35.1. The Hall–Kier alpha value is -2.37. The molecule has 1 aromatic heterocycles. The Morgan fingerprint density at radius 1 is 1.22 bits per heavy atom. The third-order valence-electron chi connectivity index (χ3n) is 3.62. The van der Waals surface area contributed by atoms with E-state index in [2.05, 4.69) is 6.92 Å². The lowest BCUT2D eigenvalue weighted by molar-refractivity contribution is -0.144. The Morgan fingerprint density at radius 2 is 2.00 bits per heavy atom. The number of aromatic nitrogens is 1. The summed E-state index contributed by atoms with van der Waals surface area (Å²) >= 11 is 0. The van der Waals surface area contributed by atoms with Crippen molar-refractivity contribution in [1.29, 1.82) is 0 Å². The van der Waals surface area contributed by atoms with Gasteiger partial charge in [0.2, 0.25) is 0 Å². The summed E-state index contributed by atoms with van der Waals surface area (Å²) in [5.41, 5.74) is 1.22. The average molecular weight is 319 g/mol. The highest BCUT2D eigenvalue weighted by molar-refractivity contribution is 5.97. The second kappa shape index (κ2) is 7.76. The lowest BCUT2D eigenvalue weighted by atomic mass is 10.1. The fourth-order valence-corrected chi connectivity index (χ4v) is 2.32. The molecule has 0 saturated heterocycles. The first-order chi connectivity index (χ1) is 11.0. The number of benzene rings is 1. The Bertz CT molecular complexity index is 756. The average Bonchev–Trinajstić information content (AvgIpc) is 2.82. The van der Waals surface area contributed by atoms with E-state index in [1.54, 1.807) is 12.1 Å². The number of oxazole rings is 1. The molecule has 2 rings (SSSR count). The topological polar surface area (TPSA) is 78.5 Å². The number of nitrogens with zero attached hydrogens (tertiary/aromatic N) is 1. The predicted molar refractivity (Wildman–Crippen MR) is 85.6 cm³/mol. The van der Waals surface area contributed by atoms with E-state index in [9.17, 15) is 14.4 Å². The number of ketones is 1. The van der Waals surface area contributed by atoms with E-state index in [4.69, 9.17) is 9.15 Å². The molecule has 0 unspecified atom stereocenters. The number of esters is 1. The summed E-state index contributed by atoms with van der Waals surface area (Å²) in [5.74, 6) is -1.22. The van der Waals surface area contributed by atoms with Crippen LogP contribution in [0.2, 0.25) is 0 Å². The molecule has 23 heavy (non-hydrogen) atoms. The summed E-state index contributed by atoms with van der Waals surface area (Å²) in [7, 11) is 0. The monoisotopic (exact) mass is 319 g/mol. The van der Waals surface area contributed by atoms with E-state index in [1.807, 2.05) is 0 Å². The van der Waals surface area contributed by atoms with Crippen molar-refractivity contribution >= 4 is 22.9 Å². The molecule has 0 aliphatic carbocycles. The van der Waals surface area contributed by atoms with Gasteiger partial charge in [0.05, 0.1) is 12.1 Å². The molecule has 124 valence electrons. The Balaban J connectivity index is 2.05. The number of carbonyl (C=O) groups excluding carboxylic acids is 2. The minimum atomic E-state index is -0.636. The summed E-state index contributed by atoms with van der Waals surface area (Å²) in [6, 6.07) is 4.71. The van der Waals surface area contributed by atoms with Gasteiger partial charge in [-0.2, -0.15) is 0 Å². The normalized spacial score (nSPS) is 10.9. The maximum Gasteiger partial charge on any atom is 0.420 e. The fourth-order valence-electron chi connectivity index (χ4n) is 2.32. The van der Waals surface area contributed by atoms with Crippen LogP contribution in [0, 0.1) is 0 Å². The van der Waals surface area contributed by atoms with Crippen molar-refractivity contribution in [3.8, 4) is 0 Å². The van der Waals surface area contributed by atoms with Crippen LogP contribution in [-0.2, 0) is 16.1 Å². The number of Topliss-reactive ketones (excluding diaryl/α,β-unsaturated/α-hetero) is 1. The summed E-state index contributed by atoms with van der Waals surface area (Å²) in [6.45, 7) is 3.71. The molecule has 0 saturated carbocycles. The summed E-state index contributed by atoms with van der Waals surface area (Å²) in [6.07, 6.45) is 4.07. The Labute approximate surface area is 134 Å². The molecule has 6 heteroatoms. The molecule has 1 heterocycles. The van der Waals surface area contributed by atoms with Gasteiger partial charge in [-0.05, 0) is 31.5 Å². The van der Waals surface area contributed by atoms with Gasteiger partial charge in [-0.25, -0.2) is 4.79 Å². The molecule has 0 aliphatic rings. The SMILES string of the molecule is CCCCCCOC(=O)Cn1c(=O)oc2cc(C(C)=O)ccc21. The zero-order chi connectivity index (χ0) is 16.8. The van der Waals surface area contributed by atoms with E-state index in [0.717, 1.165) is 25.7 Å². The molecule has 0 amide bonds. The molecular weight excluding hydrogens is 298 g/mol. The first kappa shape index (κ1) is 17.0. The molecule has 0 fully saturated rings. The van der Waals surface area contributed by atoms with Gasteiger partial charge in [-0.15, -0.1) is 0 Å². The maximum absolute atomic E-state index is 11.9. The first-order valence-corrected chi connectivity index (χ1v) is 7.83. The molecule has 0 atom stereocenters. The van der Waals surface area contributed by atoms with E-state index in [1.165, 1.54) is 17.6 Å². The van der Waals surface area contributed by atoms with E-state index in [0.29, 0.717) is 23.3 Å². The summed E-state index contributed by atoms with van der Waals surface area (Å²) in [5, 5.41) is 0. The number of fused-ring (bicyclic) bond motifs is 1. The van der Waals surface area contributed by atoms with Crippen LogP contribution in [0.3, 0.4) is 0 Å². The number of unbranched alkanes of at least 4 members (excludes halogenated alkanes) is 3. The molecule has 0 N–H and O–H groups in total. The largest absolute Gasteiger partial charge is 0.464 e. The van der Waals surface area contributed by atoms with Crippen molar-refractivity contribution in [2.75, 3.05) is 6.61 Å². The molecule has 0 aliphatic heterocycles. The van der Waals surface area contributed by atoms with Crippen molar-refractivity contribution in [3.05, 3.63) is 34.3 Å². The predicted octanol–water partition coefficient (Wildman–Crippen LogP) is 2.92. The van der Waals surface area contributed by atoms with Crippen molar-refractivity contribution in [3.63, 3.8) is 0 Å². The van der Waals surface area contributed by atoms with Crippen LogP contribution >= 0.6 is 0 Å². The number of rotatable bonds is 8. The van der Waals surface area contributed by atoms with Crippen molar-refractivity contribution in [2.45, 2.75) is 46.1 Å². The van der Waals surface area contributed by atoms with Crippen molar-refractivity contribution < 1.29 is 18.7 Å². The lowest BCUT2D eigenvalue weighted by Gasteiger charge is -2.05. The molecular formula is C17H21NO5. The number of carbonyl (C=O) groups is 2. The lowest BCUT2D eigenvalue weighted by Crippen LogP contribution is -2.22. The third kappa shape index (κ3) is 4.31. The quantitative estimate of drug-likeness (QED) is 0.425.